The van der Waals surface area contributed by atoms with Crippen LogP contribution in [0, 0.1) is 11.3 Å². The summed E-state index contributed by atoms with van der Waals surface area (Å²) in [5.41, 5.74) is 3.97. The summed E-state index contributed by atoms with van der Waals surface area (Å²) in [6.07, 6.45) is 10.9. The van der Waals surface area contributed by atoms with Crippen molar-refractivity contribution in [1.29, 1.82) is 5.26 Å². The number of phosphoric acid groups is 1. The van der Waals surface area contributed by atoms with E-state index in [-0.39, 0.29) is 18.8 Å². The van der Waals surface area contributed by atoms with Gasteiger partial charge in [0.25, 0.3) is 0 Å². The van der Waals surface area contributed by atoms with E-state index in [0.29, 0.717) is 24.1 Å². The molecule has 1 saturated carbocycles. The van der Waals surface area contributed by atoms with Gasteiger partial charge in [-0.2, -0.15) is 23.5 Å². The van der Waals surface area contributed by atoms with Crippen molar-refractivity contribution < 1.29 is 45.9 Å². The zero-order valence-corrected chi connectivity index (χ0v) is 30.6. The van der Waals surface area contributed by atoms with Crippen LogP contribution in [0.1, 0.15) is 141 Å². The molecular formula is C35H53F3N5O7P. The zero-order valence-electron chi connectivity index (χ0n) is 29.7. The number of alkyl halides is 3. The third-order valence-corrected chi connectivity index (χ3v) is 11.1. The van der Waals surface area contributed by atoms with Gasteiger partial charge in [-0.15, -0.1) is 0 Å². The van der Waals surface area contributed by atoms with Gasteiger partial charge in [0, 0.05) is 6.42 Å². The predicted molar refractivity (Wildman–Crippen MR) is 182 cm³/mol. The molecule has 1 spiro atoms. The number of halogens is 3. The Morgan fingerprint density at radius 1 is 0.941 bits per heavy atom. The van der Waals surface area contributed by atoms with Gasteiger partial charge < -0.3 is 24.8 Å². The van der Waals surface area contributed by atoms with E-state index in [1.54, 1.807) is 30.5 Å². The van der Waals surface area contributed by atoms with Crippen LogP contribution < -0.4 is 5.73 Å². The summed E-state index contributed by atoms with van der Waals surface area (Å²) in [5.74, 6) is -0.845. The first kappa shape index (κ1) is 39.9. The lowest BCUT2D eigenvalue weighted by molar-refractivity contribution is -0.182. The summed E-state index contributed by atoms with van der Waals surface area (Å²) in [6.45, 7) is 3.44. The van der Waals surface area contributed by atoms with Gasteiger partial charge in [-0.05, 0) is 38.8 Å². The smallest absolute Gasteiger partial charge is 0.382 e. The highest BCUT2D eigenvalue weighted by Crippen LogP contribution is 2.74. The van der Waals surface area contributed by atoms with E-state index in [4.69, 9.17) is 29.0 Å². The summed E-state index contributed by atoms with van der Waals surface area (Å²) >= 11 is 0. The number of nitriles is 1. The first-order valence-electron chi connectivity index (χ1n) is 18.5. The van der Waals surface area contributed by atoms with Crippen LogP contribution in [0.15, 0.2) is 18.5 Å². The standard InChI is InChI=1S/C35H53F3N5O7P/c1-32(2)48-29-28(26-20-21-27-30(40)41-25-42-43(26)27)47-33(24-39)31(35(29,33)50-32)49-51(44,45)46-23-19-17-15-13-11-9-7-5-3-4-6-8-10-12-14-16-18-22-34(36,37)38/h20-21,25,28-29,31H,3-19,22-23H2,1-2H3,(H,44,45)(H2,40,41,42)/t28-,29-,31?,33+,35+/m0/s1. The molecule has 2 aromatic rings. The Morgan fingerprint density at radius 2 is 1.49 bits per heavy atom. The Hall–Kier alpha value is -2.31. The molecule has 2 aromatic heterocycles. The summed E-state index contributed by atoms with van der Waals surface area (Å²) in [4.78, 5) is 14.6. The van der Waals surface area contributed by atoms with Crippen LogP contribution in [0.25, 0.3) is 5.52 Å². The molecule has 0 radical (unpaired) electrons. The number of rotatable bonds is 23. The van der Waals surface area contributed by atoms with E-state index in [0.717, 1.165) is 44.9 Å². The van der Waals surface area contributed by atoms with E-state index in [9.17, 15) is 27.9 Å². The van der Waals surface area contributed by atoms with Gasteiger partial charge in [0.1, 0.15) is 30.1 Å². The Labute approximate surface area is 298 Å². The second kappa shape index (κ2) is 16.8. The number of hydrogen-bond acceptors (Lipinski definition) is 10. The van der Waals surface area contributed by atoms with Crippen LogP contribution in [-0.2, 0) is 27.8 Å². The molecule has 5 rings (SSSR count). The maximum absolute atomic E-state index is 13.0. The van der Waals surface area contributed by atoms with Crippen molar-refractivity contribution in [1.82, 2.24) is 14.6 Å². The third-order valence-electron chi connectivity index (χ3n) is 10.2. The Bertz CT molecular complexity index is 1540. The van der Waals surface area contributed by atoms with E-state index < -0.39 is 55.7 Å². The molecular weight excluding hydrogens is 690 g/mol. The molecule has 51 heavy (non-hydrogen) atoms. The van der Waals surface area contributed by atoms with Gasteiger partial charge in [0.2, 0.25) is 5.60 Å². The van der Waals surface area contributed by atoms with Crippen molar-refractivity contribution in [2.24, 2.45) is 0 Å². The SMILES string of the molecule is CC1(C)O[C@H]2[C@H](c3ccc4c(N)ncnn34)O[C@]3(C#N)C(OP(=O)(O)OCCCCCCCCCCCCCCCCCCCC(F)(F)F)[C@]23O1. The molecule has 1 aliphatic carbocycles. The lowest BCUT2D eigenvalue weighted by atomic mass is 10.0. The van der Waals surface area contributed by atoms with Gasteiger partial charge >= 0.3 is 14.0 Å². The quantitative estimate of drug-likeness (QED) is 0.0827. The lowest BCUT2D eigenvalue weighted by Crippen LogP contribution is -2.33. The minimum Gasteiger partial charge on any atom is -0.382 e. The first-order chi connectivity index (χ1) is 24.3. The minimum absolute atomic E-state index is 0.0398. The molecule has 2 saturated heterocycles. The maximum Gasteiger partial charge on any atom is 0.472 e. The number of phosphoric ester groups is 1. The summed E-state index contributed by atoms with van der Waals surface area (Å²) in [7, 11) is -4.56. The highest BCUT2D eigenvalue weighted by atomic mass is 31.2. The van der Waals surface area contributed by atoms with E-state index in [1.165, 1.54) is 51.3 Å². The molecule has 4 heterocycles. The van der Waals surface area contributed by atoms with Gasteiger partial charge in [-0.1, -0.05) is 96.3 Å². The first-order valence-corrected chi connectivity index (χ1v) is 20.0. The number of nitrogens with two attached hydrogens (primary N) is 1. The maximum atomic E-state index is 13.0. The molecule has 6 atom stereocenters. The van der Waals surface area contributed by atoms with Gasteiger partial charge in [0.05, 0.1) is 12.3 Å². The van der Waals surface area contributed by atoms with E-state index in [1.807, 2.05) is 0 Å². The number of anilines is 1. The van der Waals surface area contributed by atoms with E-state index >= 15 is 0 Å². The second-order valence-corrected chi connectivity index (χ2v) is 16.0. The highest BCUT2D eigenvalue weighted by molar-refractivity contribution is 7.47. The monoisotopic (exact) mass is 743 g/mol. The number of nitrogens with zero attached hydrogens (tertiary/aromatic N) is 4. The number of nitrogen functional groups attached to an aromatic ring is 1. The molecule has 2 aliphatic heterocycles. The van der Waals surface area contributed by atoms with Crippen LogP contribution in [0.3, 0.4) is 0 Å². The molecule has 0 aromatic carbocycles. The van der Waals surface area contributed by atoms with Crippen molar-refractivity contribution in [2.45, 2.75) is 171 Å². The molecule has 0 amide bonds. The molecule has 12 nitrogen and oxygen atoms in total. The lowest BCUT2D eigenvalue weighted by Gasteiger charge is -2.24. The minimum atomic E-state index is -4.56. The number of aromatic nitrogens is 3. The average molecular weight is 744 g/mol. The molecule has 0 bridgehead atoms. The van der Waals surface area contributed by atoms with Gasteiger partial charge in [0.15, 0.2) is 23.3 Å². The topological polar surface area (TPSA) is 163 Å². The predicted octanol–water partition coefficient (Wildman–Crippen LogP) is 8.64. The Balaban J connectivity index is 0.928. The third kappa shape index (κ3) is 9.44. The van der Waals surface area contributed by atoms with Crippen LogP contribution in [-0.4, -0.2) is 61.5 Å². The largest absolute Gasteiger partial charge is 0.472 e. The van der Waals surface area contributed by atoms with Crippen LogP contribution in [0.2, 0.25) is 0 Å². The molecule has 3 aliphatic rings. The van der Waals surface area contributed by atoms with Crippen LogP contribution >= 0.6 is 7.82 Å². The molecule has 2 unspecified atom stereocenters. The molecule has 3 fully saturated rings. The Morgan fingerprint density at radius 3 is 2.04 bits per heavy atom. The van der Waals surface area contributed by atoms with Crippen molar-refractivity contribution in [2.75, 3.05) is 12.3 Å². The van der Waals surface area contributed by atoms with Crippen LogP contribution in [0.4, 0.5) is 19.0 Å². The van der Waals surface area contributed by atoms with Crippen molar-refractivity contribution >= 4 is 19.2 Å². The second-order valence-electron chi connectivity index (χ2n) is 14.6. The van der Waals surface area contributed by atoms with Gasteiger partial charge in [-0.3, -0.25) is 9.05 Å². The zero-order chi connectivity index (χ0) is 36.8. The summed E-state index contributed by atoms with van der Waals surface area (Å²) in [6, 6.07) is 5.64. The van der Waals surface area contributed by atoms with Gasteiger partial charge in [-0.25, -0.2) is 14.1 Å². The molecule has 16 heteroatoms. The fourth-order valence-corrected chi connectivity index (χ4v) is 8.63. The normalized spacial score (nSPS) is 27.7. The highest BCUT2D eigenvalue weighted by Gasteiger charge is 2.95. The molecule has 286 valence electrons. The number of unbranched alkanes of at least 4 members (excludes halogenated alkanes) is 16. The van der Waals surface area contributed by atoms with Crippen LogP contribution in [0.5, 0.6) is 0 Å². The number of fused-ring (bicyclic) bond motifs is 1. The summed E-state index contributed by atoms with van der Waals surface area (Å²) < 4.78 is 80.6. The van der Waals surface area contributed by atoms with Crippen molar-refractivity contribution in [3.8, 4) is 6.07 Å². The average Bonchev–Trinajstić information content (AvgIpc) is 3.42. The van der Waals surface area contributed by atoms with E-state index in [2.05, 4.69) is 16.2 Å². The number of ether oxygens (including phenoxy) is 3. The fourth-order valence-electron chi connectivity index (χ4n) is 7.64. The summed E-state index contributed by atoms with van der Waals surface area (Å²) in [5, 5.41) is 14.6. The molecule has 3 N–H and O–H groups in total. The number of hydrogen-bond donors (Lipinski definition) is 2. The fraction of sp³-hybridized carbons (Fsp3) is 0.800. The Kier molecular flexibility index (Phi) is 13.1. The van der Waals surface area contributed by atoms with Crippen molar-refractivity contribution in [3.05, 3.63) is 24.2 Å². The van der Waals surface area contributed by atoms with Crippen molar-refractivity contribution in [3.63, 3.8) is 0 Å².